The van der Waals surface area contributed by atoms with E-state index in [4.69, 9.17) is 34.2 Å². The number of ketones is 2. The van der Waals surface area contributed by atoms with E-state index in [-0.39, 0.29) is 57.3 Å². The van der Waals surface area contributed by atoms with Crippen LogP contribution in [0.1, 0.15) is 34.1 Å². The number of nitrogens with two attached hydrogens (primary N) is 1. The van der Waals surface area contributed by atoms with E-state index in [1.165, 1.54) is 27.2 Å². The second kappa shape index (κ2) is 18.8. The van der Waals surface area contributed by atoms with Gasteiger partial charge in [0.05, 0.1) is 47.4 Å². The highest BCUT2D eigenvalue weighted by Crippen LogP contribution is 2.49. The SMILES string of the molecule is COC1C[C@H](C)[C@@H](OC)C2=C(SCCO)C(=O)C(SCCO)=C(NC(=O)C(C)=CC=C[C@H](OC)[C@@H](OC(N)=O)C3(C)OC3[C@H](C)[C@H]1OC)C2=O. The normalized spacial score (nSPS) is 32.8. The zero-order valence-electron chi connectivity index (χ0n) is 29.8. The second-order valence-corrected chi connectivity index (χ2v) is 14.6. The van der Waals surface area contributed by atoms with Crippen LogP contribution in [0.5, 0.6) is 0 Å². The van der Waals surface area contributed by atoms with Crippen LogP contribution in [0, 0.1) is 11.8 Å². The number of carbonyl (C=O) groups excluding carboxylic acids is 4. The Kier molecular flexibility index (Phi) is 15.7. The molecule has 0 aromatic rings. The van der Waals surface area contributed by atoms with Crippen molar-refractivity contribution >= 4 is 47.1 Å². The van der Waals surface area contributed by atoms with Crippen LogP contribution in [0.15, 0.2) is 44.9 Å². The number of amides is 2. The van der Waals surface area contributed by atoms with Gasteiger partial charge in [0.25, 0.3) is 5.91 Å². The second-order valence-electron chi connectivity index (χ2n) is 12.4. The van der Waals surface area contributed by atoms with Crippen molar-refractivity contribution in [2.24, 2.45) is 17.6 Å². The number of ether oxygens (including phenoxy) is 6. The van der Waals surface area contributed by atoms with Crippen LogP contribution in [0.4, 0.5) is 4.79 Å². The number of methoxy groups -OCH3 is 4. The molecule has 3 unspecified atom stereocenters. The van der Waals surface area contributed by atoms with E-state index < -0.39 is 71.7 Å². The summed E-state index contributed by atoms with van der Waals surface area (Å²) >= 11 is 1.98. The summed E-state index contributed by atoms with van der Waals surface area (Å²) in [6.45, 7) is 6.56. The van der Waals surface area contributed by atoms with Gasteiger partial charge in [-0.3, -0.25) is 14.4 Å². The lowest BCUT2D eigenvalue weighted by Crippen LogP contribution is -2.47. The molecule has 0 aromatic carbocycles. The number of thioether (sulfide) groups is 2. The van der Waals surface area contributed by atoms with Crippen molar-refractivity contribution in [1.29, 1.82) is 0 Å². The van der Waals surface area contributed by atoms with Crippen LogP contribution in [0.3, 0.4) is 0 Å². The molecule has 0 saturated carbocycles. The van der Waals surface area contributed by atoms with Gasteiger partial charge in [0.1, 0.15) is 17.4 Å². The van der Waals surface area contributed by atoms with Crippen molar-refractivity contribution in [2.45, 2.75) is 76.3 Å². The standard InChI is InChI=1S/C34H50N2O12S2/c1-17-10-9-11-20(43-5)31(47-33(35)42)34(4)30(48-34)19(3)27(46-8)21(44-6)16-18(2)26(45-7)22-24(39)23(36-32(17)41)29(50-15-13-38)25(40)28(22)49-14-12-37/h9-11,18-21,26-27,30-31,37-38H,12-16H2,1-8H3,(H2,35,42)(H,36,41)/t18-,19+,20-,21?,26+,27+,30?,31+,34?/m0/s1. The molecular weight excluding hydrogens is 693 g/mol. The van der Waals surface area contributed by atoms with Crippen LogP contribution in [-0.2, 0) is 42.8 Å². The Morgan fingerprint density at radius 1 is 1.00 bits per heavy atom. The molecule has 1 saturated heterocycles. The van der Waals surface area contributed by atoms with Gasteiger partial charge in [-0.1, -0.05) is 32.1 Å². The van der Waals surface area contributed by atoms with Crippen LogP contribution in [-0.4, -0.2) is 129 Å². The lowest BCUT2D eigenvalue weighted by Gasteiger charge is -2.35. The van der Waals surface area contributed by atoms with E-state index in [1.807, 2.05) is 13.8 Å². The van der Waals surface area contributed by atoms with Crippen molar-refractivity contribution in [1.82, 2.24) is 5.32 Å². The largest absolute Gasteiger partial charge is 0.440 e. The van der Waals surface area contributed by atoms with E-state index in [0.717, 1.165) is 23.5 Å². The van der Waals surface area contributed by atoms with Crippen molar-refractivity contribution in [2.75, 3.05) is 53.2 Å². The summed E-state index contributed by atoms with van der Waals surface area (Å²) in [6.07, 6.45) is -0.464. The Hall–Kier alpha value is -2.54. The summed E-state index contributed by atoms with van der Waals surface area (Å²) in [5.74, 6) is -2.34. The van der Waals surface area contributed by atoms with Crippen molar-refractivity contribution in [3.63, 3.8) is 0 Å². The number of rotatable bonds is 11. The number of allylic oxidation sites excluding steroid dienone is 5. The van der Waals surface area contributed by atoms with E-state index in [0.29, 0.717) is 6.42 Å². The predicted molar refractivity (Wildman–Crippen MR) is 188 cm³/mol. The Bertz CT molecular complexity index is 1400. The minimum absolute atomic E-state index is 0.0280. The third kappa shape index (κ3) is 9.27. The van der Waals surface area contributed by atoms with E-state index >= 15 is 0 Å². The molecule has 5 N–H and O–H groups in total. The number of aliphatic hydroxyl groups is 2. The van der Waals surface area contributed by atoms with Crippen molar-refractivity contribution in [3.05, 3.63) is 44.9 Å². The highest BCUT2D eigenvalue weighted by atomic mass is 32.2. The molecule has 280 valence electrons. The van der Waals surface area contributed by atoms with Gasteiger partial charge < -0.3 is 49.7 Å². The van der Waals surface area contributed by atoms with Gasteiger partial charge in [-0.05, 0) is 26.2 Å². The number of epoxide rings is 1. The first-order chi connectivity index (χ1) is 23.7. The maximum absolute atomic E-state index is 14.5. The van der Waals surface area contributed by atoms with E-state index in [2.05, 4.69) is 5.32 Å². The molecule has 3 rings (SSSR count). The maximum atomic E-state index is 14.5. The van der Waals surface area contributed by atoms with Crippen LogP contribution in [0.2, 0.25) is 0 Å². The van der Waals surface area contributed by atoms with Gasteiger partial charge in [0.2, 0.25) is 11.6 Å². The molecular formula is C34H50N2O12S2. The zero-order chi connectivity index (χ0) is 37.3. The minimum atomic E-state index is -1.03. The Balaban J connectivity index is 2.24. The molecule has 0 spiro atoms. The number of fused-ring (bicyclic) bond motifs is 3. The maximum Gasteiger partial charge on any atom is 0.404 e. The molecule has 1 aliphatic carbocycles. The highest BCUT2D eigenvalue weighted by Gasteiger charge is 2.65. The quantitative estimate of drug-likeness (QED) is 0.177. The van der Waals surface area contributed by atoms with E-state index in [9.17, 15) is 29.4 Å². The Morgan fingerprint density at radius 2 is 1.64 bits per heavy atom. The van der Waals surface area contributed by atoms with Crippen LogP contribution >= 0.6 is 23.5 Å². The Morgan fingerprint density at radius 3 is 2.18 bits per heavy atom. The lowest BCUT2D eigenvalue weighted by atomic mass is 9.81. The number of hydrogen-bond acceptors (Lipinski definition) is 14. The predicted octanol–water partition coefficient (Wildman–Crippen LogP) is 2.03. The van der Waals surface area contributed by atoms with Crippen molar-refractivity contribution in [3.8, 4) is 0 Å². The molecule has 14 nitrogen and oxygen atoms in total. The first-order valence-electron chi connectivity index (χ1n) is 16.2. The van der Waals surface area contributed by atoms with Gasteiger partial charge >= 0.3 is 6.09 Å². The summed E-state index contributed by atoms with van der Waals surface area (Å²) in [5, 5.41) is 21.9. The zero-order valence-corrected chi connectivity index (χ0v) is 31.4. The number of Topliss-reactive ketones (excluding diaryl/α,β-unsaturated/α-hetero) is 2. The molecule has 3 aliphatic rings. The fraction of sp³-hybridized carbons (Fsp3) is 0.647. The number of aliphatic hydroxyl groups excluding tert-OH is 2. The smallest absolute Gasteiger partial charge is 0.404 e. The van der Waals surface area contributed by atoms with Gasteiger partial charge in [0.15, 0.2) is 6.10 Å². The monoisotopic (exact) mass is 742 g/mol. The minimum Gasteiger partial charge on any atom is -0.440 e. The van der Waals surface area contributed by atoms with Gasteiger partial charge in [-0.25, -0.2) is 4.79 Å². The Labute approximate surface area is 301 Å². The topological polar surface area (TPSA) is 205 Å². The molecule has 2 bridgehead atoms. The number of nitrogens with one attached hydrogen (secondary N) is 1. The molecule has 9 atom stereocenters. The van der Waals surface area contributed by atoms with Crippen molar-refractivity contribution < 1.29 is 57.8 Å². The fourth-order valence-corrected chi connectivity index (χ4v) is 8.40. The van der Waals surface area contributed by atoms with Crippen LogP contribution in [0.25, 0.3) is 0 Å². The molecule has 2 amide bonds. The molecule has 2 heterocycles. The number of primary amides is 1. The first kappa shape index (κ1) is 41.9. The average molecular weight is 743 g/mol. The van der Waals surface area contributed by atoms with Gasteiger partial charge in [0, 0.05) is 57.0 Å². The molecule has 50 heavy (non-hydrogen) atoms. The summed E-state index contributed by atoms with van der Waals surface area (Å²) in [5.41, 5.74) is 4.44. The average Bonchev–Trinajstić information content (AvgIpc) is 3.78. The number of hydrogen-bond donors (Lipinski definition) is 4. The van der Waals surface area contributed by atoms with Crippen LogP contribution < -0.4 is 11.1 Å². The van der Waals surface area contributed by atoms with E-state index in [1.54, 1.807) is 33.3 Å². The summed E-state index contributed by atoms with van der Waals surface area (Å²) in [4.78, 5) is 54.2. The summed E-state index contributed by atoms with van der Waals surface area (Å²) in [7, 11) is 5.95. The molecule has 2 aliphatic heterocycles. The third-order valence-electron chi connectivity index (χ3n) is 9.14. The highest BCUT2D eigenvalue weighted by molar-refractivity contribution is 8.06. The molecule has 0 radical (unpaired) electrons. The first-order valence-corrected chi connectivity index (χ1v) is 18.2. The molecule has 0 aromatic heterocycles. The fourth-order valence-electron chi connectivity index (χ4n) is 6.63. The molecule has 16 heteroatoms. The lowest BCUT2D eigenvalue weighted by molar-refractivity contribution is -0.121. The third-order valence-corrected chi connectivity index (χ3v) is 11.3. The number of carbonyl (C=O) groups is 4. The van der Waals surface area contributed by atoms with Gasteiger partial charge in [-0.2, -0.15) is 0 Å². The van der Waals surface area contributed by atoms with Gasteiger partial charge in [-0.15, -0.1) is 23.5 Å². The summed E-state index contributed by atoms with van der Waals surface area (Å²) in [6, 6.07) is 0. The molecule has 1 fully saturated rings. The summed E-state index contributed by atoms with van der Waals surface area (Å²) < 4.78 is 35.4.